The Hall–Kier alpha value is -2.49. The number of carbonyl (C=O) groups is 1. The fourth-order valence-electron chi connectivity index (χ4n) is 3.23. The summed E-state index contributed by atoms with van der Waals surface area (Å²) >= 11 is 0. The zero-order valence-electron chi connectivity index (χ0n) is 16.8. The summed E-state index contributed by atoms with van der Waals surface area (Å²) in [5.41, 5.74) is -1.16. The number of amides is 1. The molecule has 0 spiro atoms. The van der Waals surface area contributed by atoms with Gasteiger partial charge in [-0.2, -0.15) is 22.0 Å². The number of alkyl halides is 5. The second-order valence-electron chi connectivity index (χ2n) is 8.36. The molecule has 0 atom stereocenters. The summed E-state index contributed by atoms with van der Waals surface area (Å²) in [6.07, 6.45) is -4.32. The number of rotatable bonds is 5. The summed E-state index contributed by atoms with van der Waals surface area (Å²) in [5, 5.41) is 6.09. The molecule has 164 valence electrons. The molecule has 1 aromatic carbocycles. The minimum absolute atomic E-state index is 0.0103. The van der Waals surface area contributed by atoms with Crippen LogP contribution in [0.2, 0.25) is 0 Å². The van der Waals surface area contributed by atoms with Gasteiger partial charge in [-0.3, -0.25) is 9.69 Å². The molecule has 0 saturated carbocycles. The van der Waals surface area contributed by atoms with Crippen LogP contribution in [0.25, 0.3) is 10.8 Å². The van der Waals surface area contributed by atoms with Gasteiger partial charge in [0.25, 0.3) is 0 Å². The zero-order valence-corrected chi connectivity index (χ0v) is 16.8. The van der Waals surface area contributed by atoms with E-state index >= 15 is 0 Å². The number of fused-ring (bicyclic) bond motifs is 1. The van der Waals surface area contributed by atoms with Crippen LogP contribution < -0.4 is 10.6 Å². The summed E-state index contributed by atoms with van der Waals surface area (Å²) in [5.74, 6) is -5.24. The van der Waals surface area contributed by atoms with E-state index in [-0.39, 0.29) is 35.2 Å². The molecule has 2 heterocycles. The molecular weight excluding hydrogens is 407 g/mol. The van der Waals surface area contributed by atoms with Crippen LogP contribution in [0.3, 0.4) is 0 Å². The molecule has 0 aliphatic carbocycles. The molecule has 10 heteroatoms. The topological polar surface area (TPSA) is 57.3 Å². The fraction of sp³-hybridized carbons (Fsp3) is 0.500. The molecule has 1 amide bonds. The maximum atomic E-state index is 13.7. The number of hydrogen-bond donors (Lipinski definition) is 2. The van der Waals surface area contributed by atoms with E-state index in [1.54, 1.807) is 0 Å². The molecule has 0 radical (unpaired) electrons. The van der Waals surface area contributed by atoms with Crippen molar-refractivity contribution in [3.63, 3.8) is 0 Å². The maximum Gasteiger partial charge on any atom is 0.458 e. The molecule has 1 aromatic heterocycles. The summed E-state index contributed by atoms with van der Waals surface area (Å²) in [6.45, 7) is 7.49. The third kappa shape index (κ3) is 4.48. The Labute approximate surface area is 170 Å². The number of benzene rings is 1. The van der Waals surface area contributed by atoms with E-state index in [1.165, 1.54) is 18.3 Å². The van der Waals surface area contributed by atoms with Gasteiger partial charge in [0.15, 0.2) is 0 Å². The quantitative estimate of drug-likeness (QED) is 0.707. The second-order valence-corrected chi connectivity index (χ2v) is 8.36. The van der Waals surface area contributed by atoms with E-state index in [0.717, 1.165) is 25.2 Å². The van der Waals surface area contributed by atoms with Crippen molar-refractivity contribution in [1.82, 2.24) is 15.2 Å². The molecular formula is C20H23F5N4O. The number of anilines is 1. The van der Waals surface area contributed by atoms with Gasteiger partial charge in [0.2, 0.25) is 5.91 Å². The second kappa shape index (κ2) is 7.64. The lowest BCUT2D eigenvalue weighted by Crippen LogP contribution is -2.64. The van der Waals surface area contributed by atoms with Crippen molar-refractivity contribution in [2.24, 2.45) is 0 Å². The lowest BCUT2D eigenvalue weighted by Gasteiger charge is -2.47. The van der Waals surface area contributed by atoms with Crippen LogP contribution >= 0.6 is 0 Å². The van der Waals surface area contributed by atoms with Crippen LogP contribution in [0, 0.1) is 0 Å². The highest BCUT2D eigenvalue weighted by Crippen LogP contribution is 2.44. The average Bonchev–Trinajstić information content (AvgIpc) is 2.60. The molecule has 1 aliphatic rings. The first-order chi connectivity index (χ1) is 13.8. The van der Waals surface area contributed by atoms with Gasteiger partial charge in [-0.25, -0.2) is 4.98 Å². The predicted octanol–water partition coefficient (Wildman–Crippen LogP) is 3.90. The Kier molecular flexibility index (Phi) is 5.66. The Bertz CT molecular complexity index is 933. The summed E-state index contributed by atoms with van der Waals surface area (Å²) in [4.78, 5) is 18.4. The van der Waals surface area contributed by atoms with E-state index in [9.17, 15) is 26.7 Å². The van der Waals surface area contributed by atoms with Crippen LogP contribution in [-0.4, -0.2) is 53.2 Å². The number of halogens is 5. The molecule has 5 nitrogen and oxygen atoms in total. The van der Waals surface area contributed by atoms with Gasteiger partial charge < -0.3 is 10.6 Å². The van der Waals surface area contributed by atoms with Crippen molar-refractivity contribution >= 4 is 22.5 Å². The lowest BCUT2D eigenvalue weighted by molar-refractivity contribution is -0.289. The normalized spacial score (nSPS) is 16.4. The van der Waals surface area contributed by atoms with Crippen LogP contribution in [-0.2, 0) is 10.7 Å². The fourth-order valence-corrected chi connectivity index (χ4v) is 3.23. The minimum Gasteiger partial charge on any atom is -0.360 e. The van der Waals surface area contributed by atoms with Crippen LogP contribution in [0.15, 0.2) is 30.5 Å². The summed E-state index contributed by atoms with van der Waals surface area (Å²) < 4.78 is 65.5. The van der Waals surface area contributed by atoms with Gasteiger partial charge in [-0.1, -0.05) is 12.1 Å². The van der Waals surface area contributed by atoms with Crippen LogP contribution in [0.1, 0.15) is 26.3 Å². The Balaban J connectivity index is 1.69. The van der Waals surface area contributed by atoms with Crippen molar-refractivity contribution in [3.05, 3.63) is 36.0 Å². The largest absolute Gasteiger partial charge is 0.458 e. The van der Waals surface area contributed by atoms with E-state index in [4.69, 9.17) is 0 Å². The van der Waals surface area contributed by atoms with Crippen molar-refractivity contribution in [2.75, 3.05) is 25.0 Å². The minimum atomic E-state index is -5.71. The van der Waals surface area contributed by atoms with Crippen LogP contribution in [0.5, 0.6) is 0 Å². The number of nitrogens with zero attached hydrogens (tertiary/aromatic N) is 2. The molecule has 2 N–H and O–H groups in total. The van der Waals surface area contributed by atoms with Crippen LogP contribution in [0.4, 0.5) is 27.8 Å². The number of carbonyl (C=O) groups excluding carboxylic acids is 1. The Morgan fingerprint density at radius 1 is 1.13 bits per heavy atom. The summed E-state index contributed by atoms with van der Waals surface area (Å²) in [7, 11) is 0. The van der Waals surface area contributed by atoms with Crippen molar-refractivity contribution < 1.29 is 26.7 Å². The first-order valence-corrected chi connectivity index (χ1v) is 9.41. The molecule has 0 unspecified atom stereocenters. The zero-order chi connectivity index (χ0) is 22.3. The molecule has 2 aromatic rings. The van der Waals surface area contributed by atoms with Gasteiger partial charge in [0, 0.05) is 35.8 Å². The van der Waals surface area contributed by atoms with Gasteiger partial charge in [0.05, 0.1) is 12.6 Å². The molecule has 3 rings (SSSR count). The number of nitrogens with one attached hydrogen (secondary N) is 2. The highest BCUT2D eigenvalue weighted by atomic mass is 19.4. The number of pyridine rings is 1. The van der Waals surface area contributed by atoms with E-state index < -0.39 is 17.7 Å². The predicted molar refractivity (Wildman–Crippen MR) is 103 cm³/mol. The highest BCUT2D eigenvalue weighted by molar-refractivity contribution is 5.93. The monoisotopic (exact) mass is 430 g/mol. The Morgan fingerprint density at radius 3 is 2.40 bits per heavy atom. The lowest BCUT2D eigenvalue weighted by atomic mass is 9.98. The molecule has 1 aliphatic heterocycles. The third-order valence-corrected chi connectivity index (χ3v) is 5.10. The van der Waals surface area contributed by atoms with E-state index in [0.29, 0.717) is 5.39 Å². The van der Waals surface area contributed by atoms with Crippen molar-refractivity contribution in [1.29, 1.82) is 0 Å². The molecule has 1 fully saturated rings. The number of aromatic nitrogens is 1. The maximum absolute atomic E-state index is 13.7. The van der Waals surface area contributed by atoms with Gasteiger partial charge in [-0.15, -0.1) is 0 Å². The number of hydrogen-bond acceptors (Lipinski definition) is 4. The van der Waals surface area contributed by atoms with Crippen molar-refractivity contribution in [2.45, 2.75) is 44.5 Å². The Morgan fingerprint density at radius 2 is 1.80 bits per heavy atom. The van der Waals surface area contributed by atoms with Crippen molar-refractivity contribution in [3.8, 4) is 0 Å². The first-order valence-electron chi connectivity index (χ1n) is 9.41. The summed E-state index contributed by atoms with van der Waals surface area (Å²) in [6, 6.07) is 4.17. The molecule has 30 heavy (non-hydrogen) atoms. The SMILES string of the molecule is CC(C)(C)N1CC(NC(=O)CNc2nccc3ccc(C(F)(F)C(F)(F)F)cc23)C1. The standard InChI is InChI=1S/C20H23F5N4O/c1-18(2,3)29-10-14(11-29)28-16(30)9-27-17-15-8-13(19(21,22)20(23,24)25)5-4-12(15)6-7-26-17/h4-8,14H,9-11H2,1-3H3,(H,26,27)(H,28,30). The molecule has 0 bridgehead atoms. The van der Waals surface area contributed by atoms with Gasteiger partial charge in [-0.05, 0) is 38.3 Å². The highest BCUT2D eigenvalue weighted by Gasteiger charge is 2.58. The first kappa shape index (κ1) is 22.2. The van der Waals surface area contributed by atoms with E-state index in [1.807, 2.05) is 0 Å². The van der Waals surface area contributed by atoms with Gasteiger partial charge in [0.1, 0.15) is 5.82 Å². The average molecular weight is 430 g/mol. The number of likely N-dealkylation sites (tertiary alicyclic amines) is 1. The molecule has 1 saturated heterocycles. The smallest absolute Gasteiger partial charge is 0.360 e. The van der Waals surface area contributed by atoms with E-state index in [2.05, 4.69) is 41.3 Å². The third-order valence-electron chi connectivity index (χ3n) is 5.10. The van der Waals surface area contributed by atoms with Gasteiger partial charge >= 0.3 is 12.1 Å².